The fourth-order valence-corrected chi connectivity index (χ4v) is 3.25. The molecule has 1 aliphatic heterocycles. The van der Waals surface area contributed by atoms with Crippen LogP contribution in [0.1, 0.15) is 0 Å². The lowest BCUT2D eigenvalue weighted by atomic mass is 10.1. The highest BCUT2D eigenvalue weighted by Crippen LogP contribution is 2.36. The Morgan fingerprint density at radius 3 is 2.54 bits per heavy atom. The first-order chi connectivity index (χ1) is 11.5. The molecule has 0 saturated heterocycles. The summed E-state index contributed by atoms with van der Waals surface area (Å²) in [7, 11) is -3.21. The number of benzene rings is 2. The van der Waals surface area contributed by atoms with Gasteiger partial charge in [-0.2, -0.15) is 0 Å². The van der Waals surface area contributed by atoms with Gasteiger partial charge >= 0.3 is 0 Å². The molecule has 2 aromatic carbocycles. The van der Waals surface area contributed by atoms with E-state index in [0.29, 0.717) is 5.75 Å². The van der Waals surface area contributed by atoms with E-state index < -0.39 is 9.84 Å². The van der Waals surface area contributed by atoms with Crippen molar-refractivity contribution in [1.29, 1.82) is 0 Å². The lowest BCUT2D eigenvalue weighted by Crippen LogP contribution is -1.99. The number of rotatable bonds is 3. The minimum atomic E-state index is -3.21. The summed E-state index contributed by atoms with van der Waals surface area (Å²) < 4.78 is 35.8. The van der Waals surface area contributed by atoms with Crippen molar-refractivity contribution in [3.8, 4) is 28.4 Å². The number of fused-ring (bicyclic) bond motifs is 1. The van der Waals surface area contributed by atoms with Crippen LogP contribution in [0, 0.1) is 0 Å². The third-order valence-corrected chi connectivity index (χ3v) is 4.98. The Hall–Kier alpha value is -2.80. The van der Waals surface area contributed by atoms with E-state index in [9.17, 15) is 8.42 Å². The minimum absolute atomic E-state index is 0.227. The van der Waals surface area contributed by atoms with E-state index in [1.807, 2.05) is 22.8 Å². The second-order valence-corrected chi connectivity index (χ2v) is 7.50. The van der Waals surface area contributed by atoms with Gasteiger partial charge in [0.15, 0.2) is 21.3 Å². The van der Waals surface area contributed by atoms with Crippen molar-refractivity contribution in [3.05, 3.63) is 55.0 Å². The van der Waals surface area contributed by atoms with Gasteiger partial charge in [-0.3, -0.25) is 4.57 Å². The van der Waals surface area contributed by atoms with Gasteiger partial charge in [-0.05, 0) is 42.5 Å². The monoisotopic (exact) mass is 342 g/mol. The molecule has 0 amide bonds. The first kappa shape index (κ1) is 14.8. The number of aromatic nitrogens is 2. The molecule has 0 atom stereocenters. The number of hydrogen-bond acceptors (Lipinski definition) is 5. The van der Waals surface area contributed by atoms with Crippen LogP contribution in [0.25, 0.3) is 16.9 Å². The third-order valence-electron chi connectivity index (χ3n) is 3.85. The highest BCUT2D eigenvalue weighted by molar-refractivity contribution is 7.90. The summed E-state index contributed by atoms with van der Waals surface area (Å²) in [6.07, 6.45) is 4.63. The van der Waals surface area contributed by atoms with Crippen LogP contribution in [-0.4, -0.2) is 31.0 Å². The van der Waals surface area contributed by atoms with E-state index in [-0.39, 0.29) is 11.7 Å². The van der Waals surface area contributed by atoms with Gasteiger partial charge in [-0.15, -0.1) is 0 Å². The normalized spacial score (nSPS) is 13.2. The molecule has 2 heterocycles. The molecule has 0 saturated carbocycles. The largest absolute Gasteiger partial charge is 0.454 e. The maximum atomic E-state index is 11.6. The molecule has 3 aromatic rings. The van der Waals surface area contributed by atoms with Gasteiger partial charge in [0, 0.05) is 17.5 Å². The van der Waals surface area contributed by atoms with E-state index in [1.54, 1.807) is 36.8 Å². The Labute approximate surface area is 139 Å². The molecule has 1 aliphatic rings. The van der Waals surface area contributed by atoms with Crippen LogP contribution in [0.2, 0.25) is 0 Å². The summed E-state index contributed by atoms with van der Waals surface area (Å²) in [6, 6.07) is 12.4. The standard InChI is InChI=1S/C17H14N2O4S/c1-24(20,21)14-5-3-13(4-6-14)19-10-18-9-15(19)12-2-7-16-17(8-12)23-11-22-16/h2-10H,11H2,1H3. The zero-order valence-electron chi connectivity index (χ0n) is 12.8. The Morgan fingerprint density at radius 2 is 1.79 bits per heavy atom. The highest BCUT2D eigenvalue weighted by atomic mass is 32.2. The average molecular weight is 342 g/mol. The van der Waals surface area contributed by atoms with Crippen LogP contribution in [0.5, 0.6) is 11.5 Å². The SMILES string of the molecule is CS(=O)(=O)c1ccc(-n2cncc2-c2ccc3c(c2)OCO3)cc1. The fraction of sp³-hybridized carbons (Fsp3) is 0.118. The Kier molecular flexibility index (Phi) is 3.31. The summed E-state index contributed by atoms with van der Waals surface area (Å²) in [6.45, 7) is 0.227. The number of sulfone groups is 1. The second kappa shape index (κ2) is 5.38. The van der Waals surface area contributed by atoms with Crippen molar-refractivity contribution >= 4 is 9.84 Å². The van der Waals surface area contributed by atoms with Crippen LogP contribution in [-0.2, 0) is 9.84 Å². The summed E-state index contributed by atoms with van der Waals surface area (Å²) in [5, 5.41) is 0. The average Bonchev–Trinajstić information content (AvgIpc) is 3.22. The van der Waals surface area contributed by atoms with Crippen LogP contribution in [0.4, 0.5) is 0 Å². The molecule has 0 radical (unpaired) electrons. The van der Waals surface area contributed by atoms with Crippen LogP contribution in [0.15, 0.2) is 59.9 Å². The zero-order valence-corrected chi connectivity index (χ0v) is 13.7. The third kappa shape index (κ3) is 2.52. The number of nitrogens with zero attached hydrogens (tertiary/aromatic N) is 2. The van der Waals surface area contributed by atoms with Crippen molar-refractivity contribution in [2.24, 2.45) is 0 Å². The van der Waals surface area contributed by atoms with Gasteiger partial charge in [0.2, 0.25) is 6.79 Å². The molecule has 7 heteroatoms. The lowest BCUT2D eigenvalue weighted by molar-refractivity contribution is 0.174. The molecular weight excluding hydrogens is 328 g/mol. The topological polar surface area (TPSA) is 70.4 Å². The van der Waals surface area contributed by atoms with Gasteiger partial charge < -0.3 is 9.47 Å². The molecular formula is C17H14N2O4S. The maximum absolute atomic E-state index is 11.6. The van der Waals surface area contributed by atoms with Gasteiger partial charge in [-0.1, -0.05) is 0 Å². The molecule has 0 fully saturated rings. The van der Waals surface area contributed by atoms with Gasteiger partial charge in [-0.25, -0.2) is 13.4 Å². The molecule has 0 aliphatic carbocycles. The van der Waals surface area contributed by atoms with Crippen molar-refractivity contribution in [2.45, 2.75) is 4.90 Å². The quantitative estimate of drug-likeness (QED) is 0.732. The lowest BCUT2D eigenvalue weighted by Gasteiger charge is -2.09. The molecule has 0 spiro atoms. The summed E-state index contributed by atoms with van der Waals surface area (Å²) in [4.78, 5) is 4.50. The Bertz CT molecular complexity index is 1010. The smallest absolute Gasteiger partial charge is 0.231 e. The fourth-order valence-electron chi connectivity index (χ4n) is 2.62. The van der Waals surface area contributed by atoms with Gasteiger partial charge in [0.25, 0.3) is 0 Å². The molecule has 24 heavy (non-hydrogen) atoms. The van der Waals surface area contributed by atoms with E-state index >= 15 is 0 Å². The van der Waals surface area contributed by atoms with Crippen molar-refractivity contribution < 1.29 is 17.9 Å². The summed E-state index contributed by atoms with van der Waals surface area (Å²) in [5.74, 6) is 1.43. The predicted octanol–water partition coefficient (Wildman–Crippen LogP) is 2.67. The van der Waals surface area contributed by atoms with E-state index in [4.69, 9.17) is 9.47 Å². The summed E-state index contributed by atoms with van der Waals surface area (Å²) >= 11 is 0. The molecule has 4 rings (SSSR count). The molecule has 0 bridgehead atoms. The number of imidazole rings is 1. The highest BCUT2D eigenvalue weighted by Gasteiger charge is 2.16. The van der Waals surface area contributed by atoms with Crippen LogP contribution in [0.3, 0.4) is 0 Å². The number of ether oxygens (including phenoxy) is 2. The molecule has 0 N–H and O–H groups in total. The van der Waals surface area contributed by atoms with E-state index in [2.05, 4.69) is 4.98 Å². The number of hydrogen-bond donors (Lipinski definition) is 0. The van der Waals surface area contributed by atoms with Crippen molar-refractivity contribution in [2.75, 3.05) is 13.0 Å². The van der Waals surface area contributed by atoms with E-state index in [0.717, 1.165) is 22.7 Å². The molecule has 122 valence electrons. The Balaban J connectivity index is 1.75. The minimum Gasteiger partial charge on any atom is -0.454 e. The summed E-state index contributed by atoms with van der Waals surface area (Å²) in [5.41, 5.74) is 2.64. The Morgan fingerprint density at radius 1 is 1.04 bits per heavy atom. The molecule has 6 nitrogen and oxygen atoms in total. The van der Waals surface area contributed by atoms with E-state index in [1.165, 1.54) is 6.26 Å². The second-order valence-electron chi connectivity index (χ2n) is 5.48. The zero-order chi connectivity index (χ0) is 16.7. The van der Waals surface area contributed by atoms with Gasteiger partial charge in [0.1, 0.15) is 0 Å². The van der Waals surface area contributed by atoms with Crippen LogP contribution < -0.4 is 9.47 Å². The van der Waals surface area contributed by atoms with Crippen LogP contribution >= 0.6 is 0 Å². The van der Waals surface area contributed by atoms with Crippen molar-refractivity contribution in [3.63, 3.8) is 0 Å². The molecule has 0 unspecified atom stereocenters. The molecule has 1 aromatic heterocycles. The predicted molar refractivity (Wildman–Crippen MR) is 88.2 cm³/mol. The first-order valence-electron chi connectivity index (χ1n) is 7.25. The van der Waals surface area contributed by atoms with Gasteiger partial charge in [0.05, 0.1) is 23.1 Å². The maximum Gasteiger partial charge on any atom is 0.231 e. The first-order valence-corrected chi connectivity index (χ1v) is 9.14. The van der Waals surface area contributed by atoms with Crippen molar-refractivity contribution in [1.82, 2.24) is 9.55 Å².